The van der Waals surface area contributed by atoms with Crippen LogP contribution in [0.3, 0.4) is 0 Å². The van der Waals surface area contributed by atoms with Crippen LogP contribution < -0.4 is 0 Å². The molecule has 7 heteroatoms. The van der Waals surface area contributed by atoms with Crippen LogP contribution in [0.5, 0.6) is 0 Å². The van der Waals surface area contributed by atoms with Gasteiger partial charge < -0.3 is 14.6 Å². The number of rotatable bonds is 9. The fourth-order valence-corrected chi connectivity index (χ4v) is 2.71. The van der Waals surface area contributed by atoms with Gasteiger partial charge in [0.25, 0.3) is 0 Å². The van der Waals surface area contributed by atoms with Crippen LogP contribution in [0.15, 0.2) is 30.3 Å². The van der Waals surface area contributed by atoms with Crippen molar-refractivity contribution in [2.24, 2.45) is 5.92 Å². The van der Waals surface area contributed by atoms with Crippen molar-refractivity contribution in [1.82, 2.24) is 4.90 Å². The second-order valence-electron chi connectivity index (χ2n) is 7.95. The van der Waals surface area contributed by atoms with E-state index in [4.69, 9.17) is 9.47 Å². The molecule has 0 fully saturated rings. The highest BCUT2D eigenvalue weighted by atomic mass is 16.6. The van der Waals surface area contributed by atoms with Gasteiger partial charge in [-0.25, -0.2) is 9.59 Å². The molecule has 0 saturated carbocycles. The van der Waals surface area contributed by atoms with E-state index in [2.05, 4.69) is 0 Å². The Morgan fingerprint density at radius 1 is 1.11 bits per heavy atom. The Morgan fingerprint density at radius 3 is 2.21 bits per heavy atom. The number of carbonyl (C=O) groups excluding carboxylic acids is 2. The topological polar surface area (TPSA) is 93.1 Å². The molecule has 1 aromatic rings. The van der Waals surface area contributed by atoms with E-state index in [-0.39, 0.29) is 37.9 Å². The van der Waals surface area contributed by atoms with Gasteiger partial charge in [0.15, 0.2) is 0 Å². The smallest absolute Gasteiger partial charge is 0.410 e. The maximum Gasteiger partial charge on any atom is 0.410 e. The van der Waals surface area contributed by atoms with Crippen LogP contribution in [-0.4, -0.2) is 46.2 Å². The van der Waals surface area contributed by atoms with Crippen molar-refractivity contribution >= 4 is 18.0 Å². The molecule has 1 amide bonds. The fraction of sp³-hybridized carbons (Fsp3) is 0.571. The minimum Gasteiger partial charge on any atom is -0.480 e. The fourth-order valence-electron chi connectivity index (χ4n) is 2.71. The molecular weight excluding hydrogens is 362 g/mol. The highest BCUT2D eigenvalue weighted by Gasteiger charge is 2.33. The average molecular weight is 393 g/mol. The van der Waals surface area contributed by atoms with Gasteiger partial charge in [-0.3, -0.25) is 9.69 Å². The number of esters is 1. The summed E-state index contributed by atoms with van der Waals surface area (Å²) in [5.41, 5.74) is 0.216. The highest BCUT2D eigenvalue weighted by molar-refractivity contribution is 5.80. The molecule has 0 saturated heterocycles. The standard InChI is InChI=1S/C21H31NO6/c1-15(2)18(19(24)25)22(13-9-12-17(23)28-21(3,4)5)20(26)27-14-16-10-7-6-8-11-16/h6-8,10-11,15,18H,9,12-14H2,1-5H3,(H,24,25)/t18-/m0/s1. The van der Waals surface area contributed by atoms with Gasteiger partial charge in [0.1, 0.15) is 18.2 Å². The van der Waals surface area contributed by atoms with Gasteiger partial charge in [0.05, 0.1) is 0 Å². The quantitative estimate of drug-likeness (QED) is 0.641. The van der Waals surface area contributed by atoms with E-state index in [9.17, 15) is 19.5 Å². The molecule has 0 heterocycles. The maximum absolute atomic E-state index is 12.6. The van der Waals surface area contributed by atoms with E-state index >= 15 is 0 Å². The molecule has 0 unspecified atom stereocenters. The first-order valence-corrected chi connectivity index (χ1v) is 9.43. The molecule has 156 valence electrons. The number of carbonyl (C=O) groups is 3. The van der Waals surface area contributed by atoms with E-state index < -0.39 is 23.7 Å². The minimum atomic E-state index is -1.11. The Bertz CT molecular complexity index is 651. The molecule has 0 radical (unpaired) electrons. The van der Waals surface area contributed by atoms with E-state index in [1.807, 2.05) is 30.3 Å². The number of hydrogen-bond donors (Lipinski definition) is 1. The lowest BCUT2D eigenvalue weighted by Crippen LogP contribution is -2.48. The van der Waals surface area contributed by atoms with Crippen LogP contribution in [0.25, 0.3) is 0 Å². The lowest BCUT2D eigenvalue weighted by molar-refractivity contribution is -0.155. The van der Waals surface area contributed by atoms with Gasteiger partial charge in [-0.1, -0.05) is 44.2 Å². The molecule has 1 rings (SSSR count). The van der Waals surface area contributed by atoms with Gasteiger partial charge in [-0.2, -0.15) is 0 Å². The zero-order valence-electron chi connectivity index (χ0n) is 17.3. The van der Waals surface area contributed by atoms with Crippen molar-refractivity contribution < 1.29 is 29.0 Å². The van der Waals surface area contributed by atoms with Crippen molar-refractivity contribution in [1.29, 1.82) is 0 Å². The number of nitrogens with zero attached hydrogens (tertiary/aromatic N) is 1. The SMILES string of the molecule is CC(C)[C@@H](C(=O)O)N(CCCC(=O)OC(C)(C)C)C(=O)OCc1ccccc1. The van der Waals surface area contributed by atoms with Crippen LogP contribution in [0, 0.1) is 5.92 Å². The zero-order chi connectivity index (χ0) is 21.3. The second kappa shape index (κ2) is 10.7. The van der Waals surface area contributed by atoms with E-state index in [1.54, 1.807) is 34.6 Å². The van der Waals surface area contributed by atoms with Crippen molar-refractivity contribution in [3.63, 3.8) is 0 Å². The highest BCUT2D eigenvalue weighted by Crippen LogP contribution is 2.16. The Balaban J connectivity index is 2.76. The number of ether oxygens (including phenoxy) is 2. The first-order chi connectivity index (χ1) is 13.0. The third-order valence-electron chi connectivity index (χ3n) is 3.86. The maximum atomic E-state index is 12.6. The number of aliphatic carboxylic acids is 1. The predicted octanol–water partition coefficient (Wildman–Crippen LogP) is 3.86. The summed E-state index contributed by atoms with van der Waals surface area (Å²) in [6.45, 7) is 8.91. The lowest BCUT2D eigenvalue weighted by atomic mass is 10.0. The predicted molar refractivity (Wildman–Crippen MR) is 105 cm³/mol. The first kappa shape index (κ1) is 23.5. The zero-order valence-corrected chi connectivity index (χ0v) is 17.3. The average Bonchev–Trinajstić information content (AvgIpc) is 2.57. The molecule has 0 spiro atoms. The van der Waals surface area contributed by atoms with Gasteiger partial charge in [-0.05, 0) is 38.7 Å². The van der Waals surface area contributed by atoms with E-state index in [1.165, 1.54) is 4.90 Å². The molecule has 0 aliphatic carbocycles. The molecule has 1 atom stereocenters. The Morgan fingerprint density at radius 2 is 1.71 bits per heavy atom. The largest absolute Gasteiger partial charge is 0.480 e. The monoisotopic (exact) mass is 393 g/mol. The molecule has 0 bridgehead atoms. The molecule has 0 aromatic heterocycles. The van der Waals surface area contributed by atoms with Crippen LogP contribution in [0.2, 0.25) is 0 Å². The van der Waals surface area contributed by atoms with Gasteiger partial charge in [-0.15, -0.1) is 0 Å². The van der Waals surface area contributed by atoms with E-state index in [0.29, 0.717) is 0 Å². The second-order valence-corrected chi connectivity index (χ2v) is 7.95. The number of benzene rings is 1. The third-order valence-corrected chi connectivity index (χ3v) is 3.86. The Hall–Kier alpha value is -2.57. The number of hydrogen-bond acceptors (Lipinski definition) is 5. The van der Waals surface area contributed by atoms with Crippen molar-refractivity contribution in [2.45, 2.75) is 65.7 Å². The molecule has 28 heavy (non-hydrogen) atoms. The van der Waals surface area contributed by atoms with Crippen LogP contribution in [-0.2, 0) is 25.7 Å². The van der Waals surface area contributed by atoms with Crippen molar-refractivity contribution in [3.8, 4) is 0 Å². The molecule has 0 aliphatic rings. The summed E-state index contributed by atoms with van der Waals surface area (Å²) in [4.78, 5) is 37.4. The molecule has 7 nitrogen and oxygen atoms in total. The van der Waals surface area contributed by atoms with Gasteiger partial charge in [0, 0.05) is 13.0 Å². The summed E-state index contributed by atoms with van der Waals surface area (Å²) in [5.74, 6) is -1.81. The van der Waals surface area contributed by atoms with Crippen molar-refractivity contribution in [3.05, 3.63) is 35.9 Å². The molecule has 0 aliphatic heterocycles. The lowest BCUT2D eigenvalue weighted by Gasteiger charge is -2.30. The van der Waals surface area contributed by atoms with Crippen molar-refractivity contribution in [2.75, 3.05) is 6.54 Å². The van der Waals surface area contributed by atoms with E-state index in [0.717, 1.165) is 5.56 Å². The molecule has 1 aromatic carbocycles. The normalized spacial score (nSPS) is 12.4. The third kappa shape index (κ3) is 8.41. The summed E-state index contributed by atoms with van der Waals surface area (Å²) in [6.07, 6.45) is -0.343. The summed E-state index contributed by atoms with van der Waals surface area (Å²) in [7, 11) is 0. The molecular formula is C21H31NO6. The number of carboxylic acid groups (broad SMARTS) is 1. The summed E-state index contributed by atoms with van der Waals surface area (Å²) in [6, 6.07) is 8.11. The summed E-state index contributed by atoms with van der Waals surface area (Å²) < 4.78 is 10.6. The minimum absolute atomic E-state index is 0.0483. The van der Waals surface area contributed by atoms with Gasteiger partial charge >= 0.3 is 18.0 Å². The van der Waals surface area contributed by atoms with Crippen LogP contribution in [0.1, 0.15) is 53.0 Å². The summed E-state index contributed by atoms with van der Waals surface area (Å²) >= 11 is 0. The van der Waals surface area contributed by atoms with Crippen LogP contribution >= 0.6 is 0 Å². The Labute approximate surface area is 166 Å². The Kier molecular flexibility index (Phi) is 8.96. The van der Waals surface area contributed by atoms with Gasteiger partial charge in [0.2, 0.25) is 0 Å². The summed E-state index contributed by atoms with van der Waals surface area (Å²) in [5, 5.41) is 9.57. The number of amides is 1. The molecule has 1 N–H and O–H groups in total. The number of carboxylic acids is 1. The van der Waals surface area contributed by atoms with Crippen LogP contribution in [0.4, 0.5) is 4.79 Å². The first-order valence-electron chi connectivity index (χ1n) is 9.43.